The van der Waals surface area contributed by atoms with Gasteiger partial charge < -0.3 is 5.32 Å². The van der Waals surface area contributed by atoms with Gasteiger partial charge in [0.25, 0.3) is 0 Å². The summed E-state index contributed by atoms with van der Waals surface area (Å²) >= 11 is 6.23. The molecule has 2 unspecified atom stereocenters. The lowest BCUT2D eigenvalue weighted by Gasteiger charge is -2.50. The zero-order valence-electron chi connectivity index (χ0n) is 12.0. The maximum atomic E-state index is 11.5. The Morgan fingerprint density at radius 2 is 2.25 bits per heavy atom. The van der Waals surface area contributed by atoms with Crippen LogP contribution in [0.1, 0.15) is 38.2 Å². The fourth-order valence-corrected chi connectivity index (χ4v) is 3.96. The third kappa shape index (κ3) is 1.95. The molecule has 1 aromatic rings. The number of halogens is 1. The number of likely N-dealkylation sites (N-methyl/N-ethyl adjacent to an activating group) is 1. The Balaban J connectivity index is 2.18. The number of carbonyl (C=O) groups is 1. The van der Waals surface area contributed by atoms with Crippen molar-refractivity contribution >= 4 is 23.6 Å². The normalized spacial score (nSPS) is 29.6. The number of aldehydes is 1. The molecule has 1 aromatic carbocycles. The van der Waals surface area contributed by atoms with Crippen LogP contribution in [0, 0.1) is 5.92 Å². The second kappa shape index (κ2) is 5.05. The summed E-state index contributed by atoms with van der Waals surface area (Å²) in [5, 5.41) is 4.09. The number of hydrogen-bond donors (Lipinski definition) is 1. The summed E-state index contributed by atoms with van der Waals surface area (Å²) in [6.45, 7) is 2.21. The van der Waals surface area contributed by atoms with Gasteiger partial charge in [-0.2, -0.15) is 0 Å². The first-order valence-corrected chi connectivity index (χ1v) is 7.76. The third-order valence-electron chi connectivity index (χ3n) is 4.81. The molecule has 3 nitrogen and oxygen atoms in total. The van der Waals surface area contributed by atoms with E-state index in [1.807, 2.05) is 12.1 Å². The summed E-state index contributed by atoms with van der Waals surface area (Å²) in [7, 11) is 2.06. The van der Waals surface area contributed by atoms with Crippen LogP contribution in [-0.2, 0) is 10.3 Å². The molecule has 2 aliphatic rings. The molecule has 0 bridgehead atoms. The number of nitrogens with one attached hydrogen (secondary N) is 1. The molecule has 0 aromatic heterocycles. The van der Waals surface area contributed by atoms with E-state index in [2.05, 4.69) is 30.3 Å². The van der Waals surface area contributed by atoms with Crippen molar-refractivity contribution in [3.63, 3.8) is 0 Å². The largest absolute Gasteiger partial charge is 0.363 e. The molecule has 1 aliphatic heterocycles. The highest BCUT2D eigenvalue weighted by molar-refractivity contribution is 6.30. The van der Waals surface area contributed by atoms with E-state index in [-0.39, 0.29) is 11.7 Å². The molecule has 1 saturated carbocycles. The third-order valence-corrected chi connectivity index (χ3v) is 5.05. The summed E-state index contributed by atoms with van der Waals surface area (Å²) in [5.74, 6) is 0.634. The molecular formula is C16H21ClN2O. The van der Waals surface area contributed by atoms with E-state index in [9.17, 15) is 4.79 Å². The smallest absolute Gasteiger partial charge is 0.157 e. The number of hydrogen-bond acceptors (Lipinski definition) is 3. The molecule has 1 heterocycles. The lowest BCUT2D eigenvalue weighted by molar-refractivity contribution is -0.114. The zero-order valence-corrected chi connectivity index (χ0v) is 12.8. The van der Waals surface area contributed by atoms with Crippen LogP contribution < -0.4 is 5.32 Å². The van der Waals surface area contributed by atoms with Gasteiger partial charge in [0, 0.05) is 10.7 Å². The number of anilines is 1. The first-order chi connectivity index (χ1) is 9.63. The molecule has 4 heteroatoms. The molecule has 2 atom stereocenters. The van der Waals surface area contributed by atoms with Crippen LogP contribution in [0.15, 0.2) is 18.2 Å². The Hall–Kier alpha value is -1.06. The molecule has 108 valence electrons. The highest BCUT2D eigenvalue weighted by Gasteiger charge is 2.53. The van der Waals surface area contributed by atoms with E-state index in [1.54, 1.807) is 0 Å². The Kier molecular flexibility index (Phi) is 3.51. The maximum Gasteiger partial charge on any atom is 0.157 e. The predicted octanol–water partition coefficient (Wildman–Crippen LogP) is 3.63. The molecule has 20 heavy (non-hydrogen) atoms. The van der Waals surface area contributed by atoms with E-state index in [1.165, 1.54) is 18.4 Å². The second-order valence-corrected chi connectivity index (χ2v) is 6.41. The second-order valence-electron chi connectivity index (χ2n) is 5.97. The average molecular weight is 293 g/mol. The van der Waals surface area contributed by atoms with Crippen molar-refractivity contribution in [1.29, 1.82) is 0 Å². The van der Waals surface area contributed by atoms with Crippen LogP contribution in [-0.4, -0.2) is 24.4 Å². The first-order valence-electron chi connectivity index (χ1n) is 7.38. The molecule has 0 amide bonds. The average Bonchev–Trinajstić information content (AvgIpc) is 3.27. The first kappa shape index (κ1) is 13.9. The maximum absolute atomic E-state index is 11.5. The molecule has 0 radical (unpaired) electrons. The van der Waals surface area contributed by atoms with Crippen LogP contribution in [0.4, 0.5) is 5.69 Å². The fourth-order valence-electron chi connectivity index (χ4n) is 3.79. The standard InChI is InChI=1S/C16H21ClN2O/c1-3-8-16(11-4-5-11)13-9-12(17)6-7-14(13)18-15(10-20)19(16)2/h6-7,9-11,15,18H,3-5,8H2,1-2H3. The Labute approximate surface area is 125 Å². The SMILES string of the molecule is CCCC1(C2CC2)c2cc(Cl)ccc2NC(C=O)N1C. The molecular weight excluding hydrogens is 272 g/mol. The fraction of sp³-hybridized carbons (Fsp3) is 0.562. The Morgan fingerprint density at radius 3 is 2.85 bits per heavy atom. The van der Waals surface area contributed by atoms with Crippen molar-refractivity contribution in [3.05, 3.63) is 28.8 Å². The topological polar surface area (TPSA) is 32.3 Å². The molecule has 0 spiro atoms. The zero-order chi connectivity index (χ0) is 14.3. The Morgan fingerprint density at radius 1 is 1.50 bits per heavy atom. The van der Waals surface area contributed by atoms with Gasteiger partial charge in [0.05, 0.1) is 5.54 Å². The minimum absolute atomic E-state index is 0.0498. The van der Waals surface area contributed by atoms with Gasteiger partial charge >= 0.3 is 0 Å². The number of nitrogens with zero attached hydrogens (tertiary/aromatic N) is 1. The Bertz CT molecular complexity index is 529. The highest BCUT2D eigenvalue weighted by Crippen LogP contribution is 2.55. The number of rotatable bonds is 4. The van der Waals surface area contributed by atoms with Crippen LogP contribution in [0.3, 0.4) is 0 Å². The van der Waals surface area contributed by atoms with Gasteiger partial charge in [-0.05, 0) is 56.0 Å². The lowest BCUT2D eigenvalue weighted by atomic mass is 9.77. The van der Waals surface area contributed by atoms with Crippen LogP contribution in [0.5, 0.6) is 0 Å². The van der Waals surface area contributed by atoms with Crippen molar-refractivity contribution in [3.8, 4) is 0 Å². The highest BCUT2D eigenvalue weighted by atomic mass is 35.5. The van der Waals surface area contributed by atoms with Crippen molar-refractivity contribution in [2.24, 2.45) is 5.92 Å². The molecule has 1 fully saturated rings. The monoisotopic (exact) mass is 292 g/mol. The summed E-state index contributed by atoms with van der Waals surface area (Å²) < 4.78 is 0. The lowest BCUT2D eigenvalue weighted by Crippen LogP contribution is -2.57. The minimum atomic E-state index is -0.254. The summed E-state index contributed by atoms with van der Waals surface area (Å²) in [4.78, 5) is 13.7. The van der Waals surface area contributed by atoms with Crippen molar-refractivity contribution in [2.45, 2.75) is 44.3 Å². The molecule has 1 aliphatic carbocycles. The van der Waals surface area contributed by atoms with Gasteiger partial charge in [0.15, 0.2) is 6.29 Å². The molecule has 1 N–H and O–H groups in total. The van der Waals surface area contributed by atoms with Crippen LogP contribution in [0.25, 0.3) is 0 Å². The van der Waals surface area contributed by atoms with Gasteiger partial charge in [0.1, 0.15) is 6.17 Å². The molecule has 0 saturated heterocycles. The quantitative estimate of drug-likeness (QED) is 0.860. The van der Waals surface area contributed by atoms with E-state index >= 15 is 0 Å². The summed E-state index contributed by atoms with van der Waals surface area (Å²) in [6, 6.07) is 5.98. The molecule has 3 rings (SSSR count). The number of fused-ring (bicyclic) bond motifs is 1. The summed E-state index contributed by atoms with van der Waals surface area (Å²) in [6.07, 6.45) is 5.39. The van der Waals surface area contributed by atoms with Gasteiger partial charge in [-0.15, -0.1) is 0 Å². The van der Waals surface area contributed by atoms with E-state index in [0.29, 0.717) is 5.92 Å². The number of carbonyl (C=O) groups excluding carboxylic acids is 1. The van der Waals surface area contributed by atoms with Gasteiger partial charge in [-0.3, -0.25) is 9.69 Å². The van der Waals surface area contributed by atoms with Gasteiger partial charge in [-0.1, -0.05) is 24.9 Å². The van der Waals surface area contributed by atoms with E-state index in [0.717, 1.165) is 29.8 Å². The van der Waals surface area contributed by atoms with Gasteiger partial charge in [-0.25, -0.2) is 0 Å². The predicted molar refractivity (Wildman–Crippen MR) is 82.0 cm³/mol. The summed E-state index contributed by atoms with van der Waals surface area (Å²) in [5.41, 5.74) is 2.27. The van der Waals surface area contributed by atoms with Gasteiger partial charge in [0.2, 0.25) is 0 Å². The van der Waals surface area contributed by atoms with Crippen molar-refractivity contribution in [2.75, 3.05) is 12.4 Å². The number of benzene rings is 1. The van der Waals surface area contributed by atoms with Crippen LogP contribution >= 0.6 is 11.6 Å². The van der Waals surface area contributed by atoms with E-state index in [4.69, 9.17) is 11.6 Å². The van der Waals surface area contributed by atoms with Crippen molar-refractivity contribution < 1.29 is 4.79 Å². The van der Waals surface area contributed by atoms with Crippen molar-refractivity contribution in [1.82, 2.24) is 4.90 Å². The van der Waals surface area contributed by atoms with E-state index < -0.39 is 0 Å². The minimum Gasteiger partial charge on any atom is -0.363 e. The van der Waals surface area contributed by atoms with Crippen LogP contribution in [0.2, 0.25) is 5.02 Å².